The van der Waals surface area contributed by atoms with Crippen LogP contribution >= 0.6 is 0 Å². The number of piperidine rings is 1. The first-order valence-corrected chi connectivity index (χ1v) is 11.3. The molecule has 170 valence electrons. The lowest BCUT2D eigenvalue weighted by Gasteiger charge is -2.52. The molecule has 0 N–H and O–H groups in total. The molecule has 0 spiro atoms. The summed E-state index contributed by atoms with van der Waals surface area (Å²) in [6, 6.07) is 16.6. The molecule has 2 aliphatic heterocycles. The number of carbonyl (C=O) groups is 2. The summed E-state index contributed by atoms with van der Waals surface area (Å²) in [5, 5.41) is 2.96. The average molecular weight is 437 g/mol. The van der Waals surface area contributed by atoms with E-state index in [0.717, 1.165) is 29.9 Å². The van der Waals surface area contributed by atoms with E-state index in [1.54, 1.807) is 24.3 Å². The highest BCUT2D eigenvalue weighted by Crippen LogP contribution is 2.41. The second-order valence-electron chi connectivity index (χ2n) is 9.97. The van der Waals surface area contributed by atoms with E-state index in [1.807, 2.05) is 37.3 Å². The molecule has 0 radical (unpaired) electrons. The first-order valence-electron chi connectivity index (χ1n) is 11.3. The smallest absolute Gasteiger partial charge is 0.285 e. The predicted octanol–water partition coefficient (Wildman–Crippen LogP) is 5.32. The number of imide groups is 1. The van der Waals surface area contributed by atoms with Crippen LogP contribution in [0.3, 0.4) is 0 Å². The first-order chi connectivity index (χ1) is 15.1. The molecule has 2 heterocycles. The van der Waals surface area contributed by atoms with E-state index in [2.05, 4.69) is 32.8 Å². The van der Waals surface area contributed by atoms with Crippen molar-refractivity contribution in [2.45, 2.75) is 77.2 Å². The zero-order chi connectivity index (χ0) is 23.1. The quantitative estimate of drug-likeness (QED) is 0.574. The largest absolute Gasteiger partial charge is 0.287 e. The van der Waals surface area contributed by atoms with Gasteiger partial charge in [-0.3, -0.25) is 19.3 Å². The molecule has 4 rings (SSSR count). The summed E-state index contributed by atoms with van der Waals surface area (Å²) in [5.41, 5.74) is 1.32. The Labute approximate surface area is 190 Å². The van der Waals surface area contributed by atoms with Crippen LogP contribution in [0.25, 0.3) is 0 Å². The molecule has 2 aromatic rings. The van der Waals surface area contributed by atoms with Crippen LogP contribution in [0, 0.1) is 0 Å². The van der Waals surface area contributed by atoms with Crippen molar-refractivity contribution < 1.29 is 19.3 Å². The van der Waals surface area contributed by atoms with Crippen LogP contribution in [-0.4, -0.2) is 39.1 Å². The Hall–Kier alpha value is -2.54. The molecule has 1 saturated heterocycles. The molecule has 2 amide bonds. The zero-order valence-corrected chi connectivity index (χ0v) is 19.5. The van der Waals surface area contributed by atoms with Gasteiger partial charge in [-0.2, -0.15) is 5.06 Å². The van der Waals surface area contributed by atoms with Crippen LogP contribution in [0.5, 0.6) is 0 Å². The number of hydrogen-bond donors (Lipinski definition) is 0. The summed E-state index contributed by atoms with van der Waals surface area (Å²) in [5.74, 6) is -0.884. The van der Waals surface area contributed by atoms with Gasteiger partial charge in [0.1, 0.15) is 12.2 Å². The maximum Gasteiger partial charge on any atom is 0.285 e. The maximum atomic E-state index is 12.8. The molecular formula is C26H32N2O4. The minimum atomic E-state index is -0.590. The Kier molecular flexibility index (Phi) is 5.96. The molecule has 2 aromatic carbocycles. The number of nitrogens with zero attached hydrogens (tertiary/aromatic N) is 2. The predicted molar refractivity (Wildman–Crippen MR) is 122 cm³/mol. The Bertz CT molecular complexity index is 951. The number of hydrogen-bond acceptors (Lipinski definition) is 5. The highest BCUT2D eigenvalue weighted by Gasteiger charge is 2.45. The van der Waals surface area contributed by atoms with Crippen LogP contribution in [0.1, 0.15) is 86.3 Å². The topological polar surface area (TPSA) is 59.1 Å². The number of benzene rings is 2. The summed E-state index contributed by atoms with van der Waals surface area (Å²) < 4.78 is 0. The Morgan fingerprint density at radius 2 is 1.28 bits per heavy atom. The molecule has 2 atom stereocenters. The van der Waals surface area contributed by atoms with Crippen molar-refractivity contribution in [1.82, 2.24) is 10.1 Å². The van der Waals surface area contributed by atoms with E-state index in [0.29, 0.717) is 11.1 Å². The maximum absolute atomic E-state index is 12.8. The molecular weight excluding hydrogens is 404 g/mol. The van der Waals surface area contributed by atoms with E-state index >= 15 is 0 Å². The van der Waals surface area contributed by atoms with Gasteiger partial charge in [0.25, 0.3) is 11.8 Å². The summed E-state index contributed by atoms with van der Waals surface area (Å²) in [4.78, 5) is 38.3. The van der Waals surface area contributed by atoms with Gasteiger partial charge in [-0.15, -0.1) is 5.06 Å². The molecule has 2 aliphatic rings. The fraction of sp³-hybridized carbons (Fsp3) is 0.462. The number of fused-ring (bicyclic) bond motifs is 1. The molecule has 0 saturated carbocycles. The van der Waals surface area contributed by atoms with Gasteiger partial charge < -0.3 is 0 Å². The van der Waals surface area contributed by atoms with Crippen LogP contribution < -0.4 is 0 Å². The number of rotatable bonds is 6. The van der Waals surface area contributed by atoms with E-state index in [-0.39, 0.29) is 11.1 Å². The normalized spacial score (nSPS) is 22.0. The van der Waals surface area contributed by atoms with Gasteiger partial charge in [0, 0.05) is 11.1 Å². The molecule has 0 aromatic heterocycles. The Morgan fingerprint density at radius 3 is 1.81 bits per heavy atom. The average Bonchev–Trinajstić information content (AvgIpc) is 2.98. The first kappa shape index (κ1) is 22.6. The molecule has 6 nitrogen and oxygen atoms in total. The van der Waals surface area contributed by atoms with E-state index < -0.39 is 24.0 Å². The number of amides is 2. The third kappa shape index (κ3) is 4.10. The van der Waals surface area contributed by atoms with Crippen molar-refractivity contribution in [2.24, 2.45) is 0 Å². The lowest BCUT2D eigenvalue weighted by Crippen LogP contribution is -2.59. The van der Waals surface area contributed by atoms with Gasteiger partial charge >= 0.3 is 0 Å². The lowest BCUT2D eigenvalue weighted by atomic mass is 9.82. The summed E-state index contributed by atoms with van der Waals surface area (Å²) in [7, 11) is 0. The van der Waals surface area contributed by atoms with Crippen molar-refractivity contribution >= 4 is 11.8 Å². The Morgan fingerprint density at radius 1 is 0.781 bits per heavy atom. The molecule has 1 fully saturated rings. The van der Waals surface area contributed by atoms with Crippen molar-refractivity contribution in [3.63, 3.8) is 0 Å². The monoisotopic (exact) mass is 436 g/mol. The van der Waals surface area contributed by atoms with Crippen LogP contribution in [0.4, 0.5) is 0 Å². The van der Waals surface area contributed by atoms with Gasteiger partial charge in [-0.25, -0.2) is 0 Å². The standard InChI is InChI=1S/C26H32N2O4/c1-18(31-27-23(29)20-14-9-10-15-21(20)24(27)30)22(19-12-7-6-8-13-19)32-28-25(2,3)16-11-17-26(28,4)5/h6-10,12-15,18,22H,11,16-17H2,1-5H3/t18-,22-/m0/s1. The van der Waals surface area contributed by atoms with Crippen molar-refractivity contribution in [3.05, 3.63) is 71.3 Å². The fourth-order valence-electron chi connectivity index (χ4n) is 4.92. The van der Waals surface area contributed by atoms with Gasteiger partial charge in [0.2, 0.25) is 0 Å². The van der Waals surface area contributed by atoms with Crippen molar-refractivity contribution in [1.29, 1.82) is 0 Å². The second kappa shape index (κ2) is 8.43. The van der Waals surface area contributed by atoms with E-state index in [4.69, 9.17) is 9.68 Å². The summed E-state index contributed by atoms with van der Waals surface area (Å²) >= 11 is 0. The van der Waals surface area contributed by atoms with Crippen LogP contribution in [0.2, 0.25) is 0 Å². The molecule has 0 bridgehead atoms. The molecule has 6 heteroatoms. The number of hydroxylamine groups is 4. The van der Waals surface area contributed by atoms with Gasteiger partial charge in [0.05, 0.1) is 11.1 Å². The Balaban J connectivity index is 1.62. The zero-order valence-electron chi connectivity index (χ0n) is 19.5. The van der Waals surface area contributed by atoms with E-state index in [1.165, 1.54) is 0 Å². The van der Waals surface area contributed by atoms with Crippen LogP contribution in [-0.2, 0) is 9.68 Å². The lowest BCUT2D eigenvalue weighted by molar-refractivity contribution is -0.329. The van der Waals surface area contributed by atoms with Crippen molar-refractivity contribution in [3.8, 4) is 0 Å². The number of carbonyl (C=O) groups excluding carboxylic acids is 2. The second-order valence-corrected chi connectivity index (χ2v) is 9.97. The van der Waals surface area contributed by atoms with Gasteiger partial charge in [-0.1, -0.05) is 42.5 Å². The molecule has 0 unspecified atom stereocenters. The van der Waals surface area contributed by atoms with Gasteiger partial charge in [-0.05, 0) is 71.6 Å². The fourth-order valence-corrected chi connectivity index (χ4v) is 4.92. The molecule has 32 heavy (non-hydrogen) atoms. The summed E-state index contributed by atoms with van der Waals surface area (Å²) in [6.07, 6.45) is 2.08. The van der Waals surface area contributed by atoms with Gasteiger partial charge in [0.15, 0.2) is 0 Å². The highest BCUT2D eigenvalue weighted by molar-refractivity contribution is 6.20. The van der Waals surface area contributed by atoms with Crippen LogP contribution in [0.15, 0.2) is 54.6 Å². The summed E-state index contributed by atoms with van der Waals surface area (Å²) in [6.45, 7) is 10.6. The van der Waals surface area contributed by atoms with E-state index in [9.17, 15) is 9.59 Å². The highest BCUT2D eigenvalue weighted by atomic mass is 16.7. The third-order valence-corrected chi connectivity index (χ3v) is 6.48. The molecule has 0 aliphatic carbocycles. The minimum Gasteiger partial charge on any atom is -0.287 e. The SMILES string of the molecule is C[C@H](ON1C(=O)c2ccccc2C1=O)[C@H](ON1C(C)(C)CCCC1(C)C)c1ccccc1. The van der Waals surface area contributed by atoms with Crippen molar-refractivity contribution in [2.75, 3.05) is 0 Å². The third-order valence-electron chi connectivity index (χ3n) is 6.48. The minimum absolute atomic E-state index is 0.163.